The summed E-state index contributed by atoms with van der Waals surface area (Å²) in [4.78, 5) is 14.2. The Bertz CT molecular complexity index is 542. The van der Waals surface area contributed by atoms with Gasteiger partial charge in [-0.05, 0) is 55.9 Å². The third kappa shape index (κ3) is 4.08. The zero-order chi connectivity index (χ0) is 15.4. The van der Waals surface area contributed by atoms with Crippen molar-refractivity contribution in [1.82, 2.24) is 4.90 Å². The molecule has 0 saturated carbocycles. The van der Waals surface area contributed by atoms with E-state index in [1.807, 2.05) is 30.0 Å². The van der Waals surface area contributed by atoms with Crippen LogP contribution in [0.15, 0.2) is 24.3 Å². The van der Waals surface area contributed by atoms with Gasteiger partial charge in [0, 0.05) is 30.3 Å². The third-order valence-corrected chi connectivity index (χ3v) is 4.54. The molecule has 1 aliphatic rings. The van der Waals surface area contributed by atoms with E-state index in [-0.39, 0.29) is 24.5 Å². The molecule has 1 amide bonds. The minimum Gasteiger partial charge on any atom is -0.396 e. The number of aliphatic hydroxyl groups is 1. The van der Waals surface area contributed by atoms with Gasteiger partial charge in [0.25, 0.3) is 0 Å². The summed E-state index contributed by atoms with van der Waals surface area (Å²) in [6.45, 7) is 4.79. The molecule has 1 heterocycles. The zero-order valence-corrected chi connectivity index (χ0v) is 13.3. The number of benzene rings is 1. The number of hydrogen-bond acceptors (Lipinski definition) is 2. The summed E-state index contributed by atoms with van der Waals surface area (Å²) in [5.74, 6) is 0.199. The Hall–Kier alpha value is -1.32. The van der Waals surface area contributed by atoms with Crippen molar-refractivity contribution in [3.05, 3.63) is 40.4 Å². The van der Waals surface area contributed by atoms with Gasteiger partial charge in [0.1, 0.15) is 0 Å². The van der Waals surface area contributed by atoms with Crippen LogP contribution in [-0.2, 0) is 4.79 Å². The number of halogens is 1. The Morgan fingerprint density at radius 1 is 1.48 bits per heavy atom. The van der Waals surface area contributed by atoms with Gasteiger partial charge in [-0.25, -0.2) is 0 Å². The molecule has 114 valence electrons. The van der Waals surface area contributed by atoms with Crippen molar-refractivity contribution in [1.29, 1.82) is 0 Å². The minimum atomic E-state index is -0.00246. The normalized spacial score (nSPS) is 22.8. The number of nitrogens with zero attached hydrogens (tertiary/aromatic N) is 1. The SMILES string of the molecule is Cc1ccc(/C=C/C(=O)N2CC(CO)CCC2C)cc1Cl. The second-order valence-electron chi connectivity index (χ2n) is 5.81. The quantitative estimate of drug-likeness (QED) is 0.871. The second-order valence-corrected chi connectivity index (χ2v) is 6.21. The number of rotatable bonds is 3. The summed E-state index contributed by atoms with van der Waals surface area (Å²) in [6.07, 6.45) is 5.32. The van der Waals surface area contributed by atoms with Gasteiger partial charge in [-0.2, -0.15) is 0 Å². The van der Waals surface area contributed by atoms with Gasteiger partial charge >= 0.3 is 0 Å². The number of aryl methyl sites for hydroxylation is 1. The molecule has 0 radical (unpaired) electrons. The van der Waals surface area contributed by atoms with Crippen LogP contribution < -0.4 is 0 Å². The highest BCUT2D eigenvalue weighted by Gasteiger charge is 2.27. The summed E-state index contributed by atoms with van der Waals surface area (Å²) in [7, 11) is 0. The molecule has 0 aliphatic carbocycles. The lowest BCUT2D eigenvalue weighted by Gasteiger charge is -2.36. The molecule has 0 spiro atoms. The van der Waals surface area contributed by atoms with Crippen LogP contribution in [0.2, 0.25) is 5.02 Å². The first-order valence-electron chi connectivity index (χ1n) is 7.37. The molecule has 1 aromatic carbocycles. The maximum Gasteiger partial charge on any atom is 0.246 e. The van der Waals surface area contributed by atoms with Crippen molar-refractivity contribution in [2.75, 3.05) is 13.2 Å². The van der Waals surface area contributed by atoms with Crippen LogP contribution in [0.25, 0.3) is 6.08 Å². The molecule has 2 rings (SSSR count). The van der Waals surface area contributed by atoms with Crippen molar-refractivity contribution < 1.29 is 9.90 Å². The van der Waals surface area contributed by atoms with E-state index in [1.54, 1.807) is 12.2 Å². The van der Waals surface area contributed by atoms with E-state index in [0.717, 1.165) is 24.0 Å². The molecule has 1 aromatic rings. The number of piperidine rings is 1. The number of carbonyl (C=O) groups is 1. The van der Waals surface area contributed by atoms with Crippen molar-refractivity contribution in [3.63, 3.8) is 0 Å². The van der Waals surface area contributed by atoms with E-state index in [2.05, 4.69) is 6.92 Å². The molecule has 0 aromatic heterocycles. The van der Waals surface area contributed by atoms with Gasteiger partial charge in [0.2, 0.25) is 5.91 Å². The summed E-state index contributed by atoms with van der Waals surface area (Å²) >= 11 is 6.08. The fourth-order valence-electron chi connectivity index (χ4n) is 2.61. The summed E-state index contributed by atoms with van der Waals surface area (Å²) in [5.41, 5.74) is 1.94. The molecule has 0 bridgehead atoms. The average molecular weight is 308 g/mol. The zero-order valence-electron chi connectivity index (χ0n) is 12.6. The monoisotopic (exact) mass is 307 g/mol. The highest BCUT2D eigenvalue weighted by molar-refractivity contribution is 6.31. The number of carbonyl (C=O) groups excluding carboxylic acids is 1. The molecule has 2 atom stereocenters. The molecule has 1 fully saturated rings. The standard InChI is InChI=1S/C17H22ClNO2/c1-12-3-5-14(9-16(12)18)7-8-17(21)19-10-15(11-20)6-4-13(19)2/h3,5,7-9,13,15,20H,4,6,10-11H2,1-2H3/b8-7+. The Morgan fingerprint density at radius 3 is 2.90 bits per heavy atom. The Kier molecular flexibility index (Phi) is 5.43. The van der Waals surface area contributed by atoms with E-state index >= 15 is 0 Å². The van der Waals surface area contributed by atoms with Gasteiger partial charge in [-0.1, -0.05) is 23.7 Å². The minimum absolute atomic E-state index is 0.00246. The summed E-state index contributed by atoms with van der Waals surface area (Å²) in [6, 6.07) is 5.97. The maximum atomic E-state index is 12.3. The summed E-state index contributed by atoms with van der Waals surface area (Å²) < 4.78 is 0. The predicted octanol–water partition coefficient (Wildman–Crippen LogP) is 3.28. The third-order valence-electron chi connectivity index (χ3n) is 4.14. The van der Waals surface area contributed by atoms with Crippen molar-refractivity contribution in [2.45, 2.75) is 32.7 Å². The number of hydrogen-bond donors (Lipinski definition) is 1. The van der Waals surface area contributed by atoms with E-state index < -0.39 is 0 Å². The average Bonchev–Trinajstić information content (AvgIpc) is 2.48. The van der Waals surface area contributed by atoms with E-state index in [0.29, 0.717) is 11.6 Å². The highest BCUT2D eigenvalue weighted by Crippen LogP contribution is 2.22. The number of likely N-dealkylation sites (tertiary alicyclic amines) is 1. The van der Waals surface area contributed by atoms with Gasteiger partial charge in [-0.15, -0.1) is 0 Å². The topological polar surface area (TPSA) is 40.5 Å². The van der Waals surface area contributed by atoms with E-state index in [9.17, 15) is 9.90 Å². The van der Waals surface area contributed by atoms with Gasteiger partial charge < -0.3 is 10.0 Å². The first-order valence-corrected chi connectivity index (χ1v) is 7.74. The fourth-order valence-corrected chi connectivity index (χ4v) is 2.80. The molecule has 1 N–H and O–H groups in total. The van der Waals surface area contributed by atoms with Crippen LogP contribution >= 0.6 is 11.6 Å². The second kappa shape index (κ2) is 7.10. The van der Waals surface area contributed by atoms with Crippen LogP contribution in [0.5, 0.6) is 0 Å². The van der Waals surface area contributed by atoms with Crippen LogP contribution in [0.4, 0.5) is 0 Å². The first kappa shape index (κ1) is 16.1. The molecular formula is C17H22ClNO2. The Labute approximate surface area is 131 Å². The number of amides is 1. The first-order chi connectivity index (χ1) is 10.0. The molecule has 1 saturated heterocycles. The van der Waals surface area contributed by atoms with Crippen molar-refractivity contribution in [3.8, 4) is 0 Å². The highest BCUT2D eigenvalue weighted by atomic mass is 35.5. The lowest BCUT2D eigenvalue weighted by atomic mass is 9.94. The van der Waals surface area contributed by atoms with Crippen LogP contribution in [-0.4, -0.2) is 35.1 Å². The molecule has 3 nitrogen and oxygen atoms in total. The van der Waals surface area contributed by atoms with Crippen LogP contribution in [0.3, 0.4) is 0 Å². The Morgan fingerprint density at radius 2 is 2.24 bits per heavy atom. The maximum absolute atomic E-state index is 12.3. The smallest absolute Gasteiger partial charge is 0.246 e. The van der Waals surface area contributed by atoms with Crippen LogP contribution in [0.1, 0.15) is 30.9 Å². The molecule has 21 heavy (non-hydrogen) atoms. The molecule has 2 unspecified atom stereocenters. The molecule has 1 aliphatic heterocycles. The van der Waals surface area contributed by atoms with Crippen molar-refractivity contribution >= 4 is 23.6 Å². The number of aliphatic hydroxyl groups excluding tert-OH is 1. The van der Waals surface area contributed by atoms with E-state index in [4.69, 9.17) is 11.6 Å². The van der Waals surface area contributed by atoms with Crippen LogP contribution in [0, 0.1) is 12.8 Å². The van der Waals surface area contributed by atoms with Gasteiger partial charge in [0.05, 0.1) is 0 Å². The predicted molar refractivity (Wildman–Crippen MR) is 86.2 cm³/mol. The summed E-state index contributed by atoms with van der Waals surface area (Å²) in [5, 5.41) is 9.98. The van der Waals surface area contributed by atoms with Gasteiger partial charge in [-0.3, -0.25) is 4.79 Å². The van der Waals surface area contributed by atoms with E-state index in [1.165, 1.54) is 0 Å². The lowest BCUT2D eigenvalue weighted by molar-refractivity contribution is -0.130. The van der Waals surface area contributed by atoms with Crippen molar-refractivity contribution in [2.24, 2.45) is 5.92 Å². The lowest BCUT2D eigenvalue weighted by Crippen LogP contribution is -2.45. The largest absolute Gasteiger partial charge is 0.396 e. The molecule has 4 heteroatoms. The fraction of sp³-hybridized carbons (Fsp3) is 0.471. The van der Waals surface area contributed by atoms with Gasteiger partial charge in [0.15, 0.2) is 0 Å². The Balaban J connectivity index is 2.05. The molecular weight excluding hydrogens is 286 g/mol.